The van der Waals surface area contributed by atoms with Gasteiger partial charge in [-0.1, -0.05) is 34.8 Å². The number of ether oxygens (including phenoxy) is 1. The fraction of sp³-hybridized carbons (Fsp3) is 0.133. The number of rotatable bonds is 4. The first kappa shape index (κ1) is 18.3. The van der Waals surface area contributed by atoms with E-state index in [0.717, 1.165) is 0 Å². The van der Waals surface area contributed by atoms with Crippen LogP contribution in [0, 0.1) is 0 Å². The van der Waals surface area contributed by atoms with E-state index in [1.165, 1.54) is 12.1 Å². The quantitative estimate of drug-likeness (QED) is 0.644. The average molecular weight is 390 g/mol. The zero-order valence-corrected chi connectivity index (χ0v) is 14.6. The van der Waals surface area contributed by atoms with Crippen LogP contribution in [-0.2, 0) is 16.6 Å². The van der Waals surface area contributed by atoms with Crippen LogP contribution in [0.1, 0.15) is 20.8 Å². The maximum atomic E-state index is 12.0. The van der Waals surface area contributed by atoms with Crippen molar-refractivity contribution >= 4 is 52.6 Å². The summed E-state index contributed by atoms with van der Waals surface area (Å²) < 4.78 is 6.36. The Balaban J connectivity index is 1.97. The summed E-state index contributed by atoms with van der Waals surface area (Å²) >= 11 is 17.6. The highest BCUT2D eigenvalue weighted by molar-refractivity contribution is 6.46. The van der Waals surface area contributed by atoms with E-state index in [-0.39, 0.29) is 26.3 Å². The molecule has 2 amide bonds. The molecule has 2 rings (SSSR count). The highest BCUT2D eigenvalue weighted by atomic mass is 35.5. The number of carbonyl (C=O) groups is 3. The highest BCUT2D eigenvalue weighted by Gasteiger charge is 2.20. The van der Waals surface area contributed by atoms with E-state index in [4.69, 9.17) is 39.5 Å². The third kappa shape index (κ3) is 4.08. The number of benzene rings is 1. The number of hydrogen-bond acceptors (Lipinski definition) is 4. The lowest BCUT2D eigenvalue weighted by Crippen LogP contribution is -2.35. The first-order valence-electron chi connectivity index (χ1n) is 6.57. The van der Waals surface area contributed by atoms with Crippen LogP contribution in [0.3, 0.4) is 0 Å². The number of hydrogen-bond donors (Lipinski definition) is 1. The minimum Gasteiger partial charge on any atom is -0.452 e. The maximum absolute atomic E-state index is 12.0. The Bertz CT molecular complexity index is 817. The normalized spacial score (nSPS) is 10.3. The molecular formula is C15H11Cl3N2O4. The van der Waals surface area contributed by atoms with Crippen LogP contribution in [0.5, 0.6) is 0 Å². The highest BCUT2D eigenvalue weighted by Crippen LogP contribution is 2.31. The topological polar surface area (TPSA) is 77.4 Å². The first-order chi connectivity index (χ1) is 11.3. The van der Waals surface area contributed by atoms with Crippen LogP contribution in [-0.4, -0.2) is 29.0 Å². The van der Waals surface area contributed by atoms with Crippen molar-refractivity contribution in [2.45, 2.75) is 0 Å². The Kier molecular flexibility index (Phi) is 5.88. The third-order valence-electron chi connectivity index (χ3n) is 3.01. The Morgan fingerprint density at radius 3 is 2.42 bits per heavy atom. The summed E-state index contributed by atoms with van der Waals surface area (Å²) in [4.78, 5) is 35.6. The van der Waals surface area contributed by atoms with Gasteiger partial charge in [-0.25, -0.2) is 4.79 Å². The van der Waals surface area contributed by atoms with Gasteiger partial charge in [0.05, 0.1) is 20.6 Å². The number of nitrogens with one attached hydrogen (secondary N) is 1. The summed E-state index contributed by atoms with van der Waals surface area (Å²) in [5, 5.41) is 2.19. The summed E-state index contributed by atoms with van der Waals surface area (Å²) in [7, 11) is 1.66. The third-order valence-corrected chi connectivity index (χ3v) is 4.13. The van der Waals surface area contributed by atoms with Gasteiger partial charge >= 0.3 is 5.97 Å². The second-order valence-corrected chi connectivity index (χ2v) is 5.87. The Morgan fingerprint density at radius 1 is 1.12 bits per heavy atom. The minimum absolute atomic E-state index is 0.0368. The van der Waals surface area contributed by atoms with Gasteiger partial charge < -0.3 is 9.30 Å². The van der Waals surface area contributed by atoms with Crippen molar-refractivity contribution in [3.63, 3.8) is 0 Å². The molecule has 0 atom stereocenters. The molecule has 1 aromatic heterocycles. The second kappa shape index (κ2) is 7.70. The van der Waals surface area contributed by atoms with Crippen molar-refractivity contribution in [2.24, 2.45) is 7.05 Å². The lowest BCUT2D eigenvalue weighted by Gasteiger charge is -2.09. The predicted molar refractivity (Wildman–Crippen MR) is 89.6 cm³/mol. The number of aryl methyl sites for hydroxylation is 1. The Morgan fingerprint density at radius 2 is 1.79 bits per heavy atom. The smallest absolute Gasteiger partial charge is 0.341 e. The zero-order chi connectivity index (χ0) is 17.9. The molecule has 1 aromatic carbocycles. The van der Waals surface area contributed by atoms with Crippen LogP contribution in [0.15, 0.2) is 30.5 Å². The lowest BCUT2D eigenvalue weighted by atomic mass is 10.2. The number of esters is 1. The van der Waals surface area contributed by atoms with Crippen molar-refractivity contribution < 1.29 is 19.1 Å². The van der Waals surface area contributed by atoms with Gasteiger partial charge in [-0.3, -0.25) is 14.9 Å². The molecule has 0 fully saturated rings. The van der Waals surface area contributed by atoms with Gasteiger partial charge in [0, 0.05) is 13.2 Å². The van der Waals surface area contributed by atoms with Gasteiger partial charge in [0.25, 0.3) is 11.8 Å². The van der Waals surface area contributed by atoms with Crippen LogP contribution >= 0.6 is 34.8 Å². The van der Waals surface area contributed by atoms with E-state index in [0.29, 0.717) is 0 Å². The van der Waals surface area contributed by atoms with Crippen molar-refractivity contribution in [2.75, 3.05) is 6.61 Å². The molecule has 0 bridgehead atoms. The maximum Gasteiger partial charge on any atom is 0.341 e. The predicted octanol–water partition coefficient (Wildman–Crippen LogP) is 3.10. The van der Waals surface area contributed by atoms with E-state index < -0.39 is 24.4 Å². The first-order valence-corrected chi connectivity index (χ1v) is 7.70. The van der Waals surface area contributed by atoms with Gasteiger partial charge in [0.15, 0.2) is 6.61 Å². The van der Waals surface area contributed by atoms with Crippen molar-refractivity contribution in [1.29, 1.82) is 0 Å². The number of amides is 2. The average Bonchev–Trinajstić information content (AvgIpc) is 2.95. The molecule has 0 aliphatic carbocycles. The van der Waals surface area contributed by atoms with Crippen molar-refractivity contribution in [3.05, 3.63) is 56.8 Å². The number of aromatic nitrogens is 1. The zero-order valence-electron chi connectivity index (χ0n) is 12.3. The van der Waals surface area contributed by atoms with Crippen LogP contribution in [0.4, 0.5) is 0 Å². The van der Waals surface area contributed by atoms with Crippen LogP contribution < -0.4 is 5.32 Å². The van der Waals surface area contributed by atoms with E-state index in [2.05, 4.69) is 5.32 Å². The Labute approximate surface area is 152 Å². The van der Waals surface area contributed by atoms with Crippen LogP contribution in [0.25, 0.3) is 0 Å². The number of imide groups is 1. The van der Waals surface area contributed by atoms with Crippen molar-refractivity contribution in [1.82, 2.24) is 9.88 Å². The molecule has 1 heterocycles. The molecule has 0 unspecified atom stereocenters. The molecule has 0 spiro atoms. The monoisotopic (exact) mass is 388 g/mol. The summed E-state index contributed by atoms with van der Waals surface area (Å²) in [5.41, 5.74) is 0.142. The minimum atomic E-state index is -0.922. The molecule has 0 aliphatic rings. The van der Waals surface area contributed by atoms with E-state index >= 15 is 0 Å². The van der Waals surface area contributed by atoms with Gasteiger partial charge in [0.1, 0.15) is 5.69 Å². The molecule has 0 saturated carbocycles. The van der Waals surface area contributed by atoms with Gasteiger partial charge in [0.2, 0.25) is 0 Å². The van der Waals surface area contributed by atoms with E-state index in [1.54, 1.807) is 29.9 Å². The molecule has 0 aliphatic heterocycles. The SMILES string of the molecule is Cn1cccc1C(=O)NC(=O)COC(=O)c1c(Cl)ccc(Cl)c1Cl. The largest absolute Gasteiger partial charge is 0.452 e. The summed E-state index contributed by atoms with van der Waals surface area (Å²) in [6.45, 7) is -0.672. The summed E-state index contributed by atoms with van der Waals surface area (Å²) in [6.07, 6.45) is 1.66. The van der Waals surface area contributed by atoms with E-state index in [9.17, 15) is 14.4 Å². The number of halogens is 3. The number of nitrogens with zero attached hydrogens (tertiary/aromatic N) is 1. The molecule has 24 heavy (non-hydrogen) atoms. The molecule has 6 nitrogen and oxygen atoms in total. The summed E-state index contributed by atoms with van der Waals surface area (Å²) in [6, 6.07) is 6.00. The van der Waals surface area contributed by atoms with Crippen LogP contribution in [0.2, 0.25) is 15.1 Å². The Hall–Kier alpha value is -2.02. The molecule has 9 heteroatoms. The molecule has 0 radical (unpaired) electrons. The molecule has 0 saturated heterocycles. The fourth-order valence-electron chi connectivity index (χ4n) is 1.84. The molecular weight excluding hydrogens is 379 g/mol. The lowest BCUT2D eigenvalue weighted by molar-refractivity contribution is -0.123. The van der Waals surface area contributed by atoms with Gasteiger partial charge in [-0.2, -0.15) is 0 Å². The number of carbonyl (C=O) groups excluding carboxylic acids is 3. The summed E-state index contributed by atoms with van der Waals surface area (Å²) in [5.74, 6) is -2.32. The van der Waals surface area contributed by atoms with Crippen molar-refractivity contribution in [3.8, 4) is 0 Å². The van der Waals surface area contributed by atoms with Gasteiger partial charge in [-0.15, -0.1) is 0 Å². The molecule has 126 valence electrons. The van der Waals surface area contributed by atoms with Gasteiger partial charge in [-0.05, 0) is 24.3 Å². The molecule has 1 N–H and O–H groups in total. The van der Waals surface area contributed by atoms with E-state index in [1.807, 2.05) is 0 Å². The fourth-order valence-corrected chi connectivity index (χ4v) is 2.52. The standard InChI is InChI=1S/C15H11Cl3N2O4/c1-20-6-2-3-10(20)14(22)19-11(21)7-24-15(23)12-8(16)4-5-9(17)13(12)18/h2-6H,7H2,1H3,(H,19,21,22). The molecule has 2 aromatic rings. The second-order valence-electron chi connectivity index (χ2n) is 4.68.